The van der Waals surface area contributed by atoms with Gasteiger partial charge in [0.05, 0.1) is 5.92 Å². The van der Waals surface area contributed by atoms with E-state index in [-0.39, 0.29) is 5.92 Å². The Kier molecular flexibility index (Phi) is 7.65. The highest BCUT2D eigenvalue weighted by Crippen LogP contribution is 2.25. The van der Waals surface area contributed by atoms with Gasteiger partial charge in [0, 0.05) is 45.1 Å². The topological polar surface area (TPSA) is 39.7 Å². The maximum Gasteiger partial charge on any atom is 0.226 e. The zero-order valence-electron chi connectivity index (χ0n) is 17.1. The van der Waals surface area contributed by atoms with Gasteiger partial charge in [0.15, 0.2) is 0 Å². The van der Waals surface area contributed by atoms with Crippen molar-refractivity contribution in [1.82, 2.24) is 19.7 Å². The molecule has 0 unspecified atom stereocenters. The number of hydrogen-bond donors (Lipinski definition) is 0. The molecule has 0 bridgehead atoms. The van der Waals surface area contributed by atoms with Crippen molar-refractivity contribution >= 4 is 5.91 Å². The van der Waals surface area contributed by atoms with Crippen LogP contribution in [0, 0.1) is 5.92 Å². The predicted octanol–water partition coefficient (Wildman–Crippen LogP) is 3.02. The van der Waals surface area contributed by atoms with Crippen LogP contribution in [0.15, 0.2) is 24.5 Å². The average Bonchev–Trinajstić information content (AvgIpc) is 2.73. The molecule has 1 aromatic rings. The minimum absolute atomic E-state index is 0.203. The number of nitrogens with zero attached hydrogens (tertiary/aromatic N) is 4. The lowest BCUT2D eigenvalue weighted by Crippen LogP contribution is -2.50. The van der Waals surface area contributed by atoms with Crippen molar-refractivity contribution in [3.8, 4) is 0 Å². The van der Waals surface area contributed by atoms with Crippen LogP contribution in [0.4, 0.5) is 0 Å². The molecular formula is C22H36N4O. The van der Waals surface area contributed by atoms with Crippen molar-refractivity contribution < 1.29 is 4.79 Å². The van der Waals surface area contributed by atoms with E-state index in [1.54, 1.807) is 0 Å². The van der Waals surface area contributed by atoms with Crippen molar-refractivity contribution in [3.63, 3.8) is 0 Å². The summed E-state index contributed by atoms with van der Waals surface area (Å²) in [6, 6.07) is 4.83. The molecule has 0 radical (unpaired) electrons. The van der Waals surface area contributed by atoms with Crippen LogP contribution >= 0.6 is 0 Å². The SMILES string of the molecule is CCCCN(C)C(=O)[C@H]1CCCN(C2CCN(Cc3cccnc3)CC2)C1. The Balaban J connectivity index is 1.46. The highest BCUT2D eigenvalue weighted by molar-refractivity contribution is 5.78. The average molecular weight is 373 g/mol. The van der Waals surface area contributed by atoms with Crippen LogP contribution in [0.2, 0.25) is 0 Å². The Hall–Kier alpha value is -1.46. The number of aromatic nitrogens is 1. The number of hydrogen-bond acceptors (Lipinski definition) is 4. The van der Waals surface area contributed by atoms with Crippen LogP contribution in [0.25, 0.3) is 0 Å². The summed E-state index contributed by atoms with van der Waals surface area (Å²) in [6.07, 6.45) is 10.7. The third kappa shape index (κ3) is 5.76. The lowest BCUT2D eigenvalue weighted by Gasteiger charge is -2.42. The number of piperidine rings is 2. The van der Waals surface area contributed by atoms with Gasteiger partial charge in [0.25, 0.3) is 0 Å². The Labute approximate surface area is 164 Å². The molecule has 0 aliphatic carbocycles. The number of carbonyl (C=O) groups excluding carboxylic acids is 1. The smallest absolute Gasteiger partial charge is 0.226 e. The molecule has 2 fully saturated rings. The van der Waals surface area contributed by atoms with Gasteiger partial charge < -0.3 is 4.90 Å². The van der Waals surface area contributed by atoms with Gasteiger partial charge in [-0.05, 0) is 63.4 Å². The molecule has 0 spiro atoms. The molecule has 2 aliphatic rings. The number of rotatable bonds is 7. The first-order chi connectivity index (χ1) is 13.2. The predicted molar refractivity (Wildman–Crippen MR) is 109 cm³/mol. The number of unbranched alkanes of at least 4 members (excludes halogenated alkanes) is 1. The molecule has 0 N–H and O–H groups in total. The molecule has 1 aromatic heterocycles. The van der Waals surface area contributed by atoms with Crippen LogP contribution in [0.1, 0.15) is 51.0 Å². The van der Waals surface area contributed by atoms with E-state index in [4.69, 9.17) is 0 Å². The minimum Gasteiger partial charge on any atom is -0.345 e. The normalized spacial score (nSPS) is 22.7. The highest BCUT2D eigenvalue weighted by atomic mass is 16.2. The van der Waals surface area contributed by atoms with Gasteiger partial charge in [-0.3, -0.25) is 19.6 Å². The molecule has 0 aromatic carbocycles. The van der Waals surface area contributed by atoms with E-state index in [0.29, 0.717) is 11.9 Å². The van der Waals surface area contributed by atoms with Crippen molar-refractivity contribution in [1.29, 1.82) is 0 Å². The van der Waals surface area contributed by atoms with E-state index >= 15 is 0 Å². The molecule has 5 heteroatoms. The monoisotopic (exact) mass is 372 g/mol. The largest absolute Gasteiger partial charge is 0.345 e. The van der Waals surface area contributed by atoms with E-state index in [1.807, 2.05) is 30.4 Å². The van der Waals surface area contributed by atoms with Gasteiger partial charge in [-0.1, -0.05) is 19.4 Å². The van der Waals surface area contributed by atoms with Gasteiger partial charge in [-0.2, -0.15) is 0 Å². The fourth-order valence-corrected chi connectivity index (χ4v) is 4.55. The fraction of sp³-hybridized carbons (Fsp3) is 0.727. The van der Waals surface area contributed by atoms with E-state index in [0.717, 1.165) is 65.0 Å². The molecule has 2 aliphatic heterocycles. The molecule has 3 heterocycles. The summed E-state index contributed by atoms with van der Waals surface area (Å²) in [5, 5.41) is 0. The van der Waals surface area contributed by atoms with Gasteiger partial charge in [0.1, 0.15) is 0 Å². The number of likely N-dealkylation sites (tertiary alicyclic amines) is 2. The molecule has 5 nitrogen and oxygen atoms in total. The third-order valence-electron chi connectivity index (χ3n) is 6.23. The Morgan fingerprint density at radius 1 is 1.26 bits per heavy atom. The molecule has 0 saturated carbocycles. The standard InChI is InChI=1S/C22H36N4O/c1-3-4-12-24(2)22(27)20-8-6-13-26(18-20)21-9-14-25(15-10-21)17-19-7-5-11-23-16-19/h5,7,11,16,20-21H,3-4,6,8-10,12-15,17-18H2,1-2H3/t20-/m0/s1. The zero-order chi connectivity index (χ0) is 19.1. The maximum atomic E-state index is 12.8. The lowest BCUT2D eigenvalue weighted by atomic mass is 9.92. The van der Waals surface area contributed by atoms with E-state index in [2.05, 4.69) is 27.8 Å². The van der Waals surface area contributed by atoms with E-state index in [9.17, 15) is 4.79 Å². The molecule has 1 atom stereocenters. The first-order valence-electron chi connectivity index (χ1n) is 10.8. The Bertz CT molecular complexity index is 571. The Morgan fingerprint density at radius 3 is 2.78 bits per heavy atom. The second kappa shape index (κ2) is 10.2. The second-order valence-electron chi connectivity index (χ2n) is 8.32. The molecule has 27 heavy (non-hydrogen) atoms. The fourth-order valence-electron chi connectivity index (χ4n) is 4.55. The van der Waals surface area contributed by atoms with E-state index < -0.39 is 0 Å². The van der Waals surface area contributed by atoms with E-state index in [1.165, 1.54) is 18.4 Å². The first kappa shape index (κ1) is 20.3. The number of carbonyl (C=O) groups is 1. The van der Waals surface area contributed by atoms with Crippen LogP contribution in [0.3, 0.4) is 0 Å². The van der Waals surface area contributed by atoms with Gasteiger partial charge >= 0.3 is 0 Å². The summed E-state index contributed by atoms with van der Waals surface area (Å²) >= 11 is 0. The number of amides is 1. The summed E-state index contributed by atoms with van der Waals surface area (Å²) in [6.45, 7) is 8.50. The molecule has 1 amide bonds. The minimum atomic E-state index is 0.203. The summed E-state index contributed by atoms with van der Waals surface area (Å²) in [7, 11) is 1.98. The molecule has 150 valence electrons. The van der Waals surface area contributed by atoms with Gasteiger partial charge in [-0.25, -0.2) is 0 Å². The van der Waals surface area contributed by atoms with Crippen molar-refractivity contribution in [3.05, 3.63) is 30.1 Å². The van der Waals surface area contributed by atoms with Crippen LogP contribution in [0.5, 0.6) is 0 Å². The summed E-state index contributed by atoms with van der Waals surface area (Å²) < 4.78 is 0. The molecular weight excluding hydrogens is 336 g/mol. The quantitative estimate of drug-likeness (QED) is 0.738. The second-order valence-corrected chi connectivity index (χ2v) is 8.32. The van der Waals surface area contributed by atoms with Crippen LogP contribution in [-0.4, -0.2) is 71.4 Å². The summed E-state index contributed by atoms with van der Waals surface area (Å²) in [4.78, 5) is 24.1. The Morgan fingerprint density at radius 2 is 2.07 bits per heavy atom. The van der Waals surface area contributed by atoms with Gasteiger partial charge in [0.2, 0.25) is 5.91 Å². The number of pyridine rings is 1. The van der Waals surface area contributed by atoms with Gasteiger partial charge in [-0.15, -0.1) is 0 Å². The molecule has 3 rings (SSSR count). The van der Waals surface area contributed by atoms with Crippen molar-refractivity contribution in [2.24, 2.45) is 5.92 Å². The highest BCUT2D eigenvalue weighted by Gasteiger charge is 2.32. The summed E-state index contributed by atoms with van der Waals surface area (Å²) in [5.74, 6) is 0.566. The zero-order valence-corrected chi connectivity index (χ0v) is 17.1. The van der Waals surface area contributed by atoms with Crippen LogP contribution < -0.4 is 0 Å². The maximum absolute atomic E-state index is 12.8. The summed E-state index contributed by atoms with van der Waals surface area (Å²) in [5.41, 5.74) is 1.30. The molecule has 2 saturated heterocycles. The first-order valence-corrected chi connectivity index (χ1v) is 10.8. The lowest BCUT2D eigenvalue weighted by molar-refractivity contribution is -0.136. The van der Waals surface area contributed by atoms with Crippen LogP contribution in [-0.2, 0) is 11.3 Å². The van der Waals surface area contributed by atoms with Crippen molar-refractivity contribution in [2.45, 2.75) is 58.0 Å². The third-order valence-corrected chi connectivity index (χ3v) is 6.23. The van der Waals surface area contributed by atoms with Crippen molar-refractivity contribution in [2.75, 3.05) is 39.8 Å².